The molecule has 0 rings (SSSR count). The lowest BCUT2D eigenvalue weighted by atomic mass is 10.1. The maximum absolute atomic E-state index is 10.9. The van der Waals surface area contributed by atoms with Gasteiger partial charge in [-0.15, -0.1) is 13.2 Å². The summed E-state index contributed by atoms with van der Waals surface area (Å²) in [5, 5.41) is 0. The van der Waals surface area contributed by atoms with Gasteiger partial charge in [0.1, 0.15) is 0 Å². The summed E-state index contributed by atoms with van der Waals surface area (Å²) >= 11 is 0. The summed E-state index contributed by atoms with van der Waals surface area (Å²) in [6, 6.07) is 0. The monoisotopic (exact) mass is 324 g/mol. The highest BCUT2D eigenvalue weighted by Crippen LogP contribution is 2.10. The second-order valence-electron chi connectivity index (χ2n) is 5.91. The molecular formula is C21H40O2. The molecule has 0 aliphatic carbocycles. The first-order valence-electron chi connectivity index (χ1n) is 9.53. The van der Waals surface area contributed by atoms with Crippen molar-refractivity contribution < 1.29 is 9.53 Å². The van der Waals surface area contributed by atoms with E-state index in [4.69, 9.17) is 0 Å². The van der Waals surface area contributed by atoms with Crippen molar-refractivity contribution in [2.45, 2.75) is 96.8 Å². The van der Waals surface area contributed by atoms with E-state index in [2.05, 4.69) is 37.0 Å². The van der Waals surface area contributed by atoms with Gasteiger partial charge in [-0.25, -0.2) is 0 Å². The minimum Gasteiger partial charge on any atom is -0.469 e. The number of carbonyl (C=O) groups excluding carboxylic acids is 1. The number of unbranched alkanes of at least 4 members (excludes halogenated alkanes) is 11. The molecule has 0 aromatic rings. The van der Waals surface area contributed by atoms with Crippen molar-refractivity contribution in [3.8, 4) is 0 Å². The molecule has 0 atom stereocenters. The van der Waals surface area contributed by atoms with Crippen molar-refractivity contribution in [1.82, 2.24) is 0 Å². The Hall–Kier alpha value is -1.05. The molecule has 2 heteroatoms. The van der Waals surface area contributed by atoms with E-state index in [1.807, 2.05) is 0 Å². The smallest absolute Gasteiger partial charge is 0.305 e. The van der Waals surface area contributed by atoms with Gasteiger partial charge in [-0.3, -0.25) is 4.79 Å². The van der Waals surface area contributed by atoms with Crippen LogP contribution in [0.3, 0.4) is 0 Å². The van der Waals surface area contributed by atoms with Gasteiger partial charge in [0.25, 0.3) is 0 Å². The van der Waals surface area contributed by atoms with Crippen LogP contribution in [0.4, 0.5) is 0 Å². The van der Waals surface area contributed by atoms with Gasteiger partial charge in [0.15, 0.2) is 0 Å². The van der Waals surface area contributed by atoms with Crippen LogP contribution in [0, 0.1) is 0 Å². The number of carbonyl (C=O) groups is 1. The lowest BCUT2D eigenvalue weighted by molar-refractivity contribution is -0.140. The molecule has 0 bridgehead atoms. The van der Waals surface area contributed by atoms with E-state index in [-0.39, 0.29) is 5.97 Å². The molecule has 0 saturated heterocycles. The highest BCUT2D eigenvalue weighted by Gasteiger charge is 1.98. The average molecular weight is 325 g/mol. The molecule has 0 aliphatic heterocycles. The summed E-state index contributed by atoms with van der Waals surface area (Å²) in [6.07, 6.45) is 22.0. The van der Waals surface area contributed by atoms with Crippen LogP contribution in [0.5, 0.6) is 0 Å². The Bertz CT molecular complexity index is 259. The molecule has 0 aromatic carbocycles. The average Bonchev–Trinajstić information content (AvgIpc) is 2.59. The summed E-state index contributed by atoms with van der Waals surface area (Å²) < 4.78 is 4.62. The van der Waals surface area contributed by atoms with Crippen LogP contribution < -0.4 is 0 Å². The van der Waals surface area contributed by atoms with Crippen LogP contribution >= 0.6 is 0 Å². The molecule has 0 heterocycles. The number of hydrogen-bond acceptors (Lipinski definition) is 2. The number of allylic oxidation sites excluding steroid dienone is 2. The Morgan fingerprint density at radius 2 is 1.22 bits per heavy atom. The van der Waals surface area contributed by atoms with Crippen molar-refractivity contribution in [2.75, 3.05) is 7.11 Å². The van der Waals surface area contributed by atoms with E-state index < -0.39 is 0 Å². The lowest BCUT2D eigenvalue weighted by Gasteiger charge is -2.00. The molecule has 0 aromatic heterocycles. The minimum atomic E-state index is -0.0763. The third-order valence-electron chi connectivity index (χ3n) is 3.87. The maximum Gasteiger partial charge on any atom is 0.305 e. The fourth-order valence-corrected chi connectivity index (χ4v) is 2.44. The quantitative estimate of drug-likeness (QED) is 0.184. The lowest BCUT2D eigenvalue weighted by Crippen LogP contribution is -1.98. The van der Waals surface area contributed by atoms with Crippen LogP contribution in [0.1, 0.15) is 96.8 Å². The van der Waals surface area contributed by atoms with Crippen LogP contribution in [0.2, 0.25) is 0 Å². The SMILES string of the molecule is C=C.CCCCCCCC/C=C\CCCCCCCC(=O)OC. The number of esters is 1. The van der Waals surface area contributed by atoms with E-state index in [1.54, 1.807) is 0 Å². The third kappa shape index (κ3) is 23.3. The number of methoxy groups -OCH3 is 1. The van der Waals surface area contributed by atoms with Crippen molar-refractivity contribution in [1.29, 1.82) is 0 Å². The van der Waals surface area contributed by atoms with Gasteiger partial charge in [0.05, 0.1) is 7.11 Å². The zero-order chi connectivity index (χ0) is 17.6. The van der Waals surface area contributed by atoms with Gasteiger partial charge in [0, 0.05) is 6.42 Å². The normalized spacial score (nSPS) is 10.3. The second-order valence-corrected chi connectivity index (χ2v) is 5.91. The molecular weight excluding hydrogens is 284 g/mol. The van der Waals surface area contributed by atoms with Crippen LogP contribution in [-0.2, 0) is 9.53 Å². The van der Waals surface area contributed by atoms with E-state index in [0.29, 0.717) is 6.42 Å². The van der Waals surface area contributed by atoms with Crippen molar-refractivity contribution in [3.05, 3.63) is 25.3 Å². The van der Waals surface area contributed by atoms with Gasteiger partial charge in [-0.2, -0.15) is 0 Å². The molecule has 2 nitrogen and oxygen atoms in total. The van der Waals surface area contributed by atoms with Gasteiger partial charge >= 0.3 is 5.97 Å². The molecule has 0 N–H and O–H groups in total. The Morgan fingerprint density at radius 1 is 0.783 bits per heavy atom. The van der Waals surface area contributed by atoms with Crippen molar-refractivity contribution >= 4 is 5.97 Å². The number of rotatable bonds is 15. The van der Waals surface area contributed by atoms with E-state index in [0.717, 1.165) is 12.8 Å². The van der Waals surface area contributed by atoms with Gasteiger partial charge in [0.2, 0.25) is 0 Å². The minimum absolute atomic E-state index is 0.0763. The topological polar surface area (TPSA) is 26.3 Å². The zero-order valence-electron chi connectivity index (χ0n) is 15.8. The van der Waals surface area contributed by atoms with E-state index >= 15 is 0 Å². The molecule has 0 amide bonds. The Morgan fingerprint density at radius 3 is 1.70 bits per heavy atom. The van der Waals surface area contributed by atoms with Crippen molar-refractivity contribution in [2.24, 2.45) is 0 Å². The van der Waals surface area contributed by atoms with E-state index in [9.17, 15) is 4.79 Å². The number of hydrogen-bond donors (Lipinski definition) is 0. The van der Waals surface area contributed by atoms with Gasteiger partial charge < -0.3 is 4.74 Å². The van der Waals surface area contributed by atoms with Crippen LogP contribution in [0.15, 0.2) is 25.3 Å². The molecule has 0 aliphatic rings. The zero-order valence-corrected chi connectivity index (χ0v) is 15.8. The molecule has 0 radical (unpaired) electrons. The Labute approximate surface area is 145 Å². The Kier molecular flexibility index (Phi) is 24.4. The highest BCUT2D eigenvalue weighted by molar-refractivity contribution is 5.68. The summed E-state index contributed by atoms with van der Waals surface area (Å²) in [5.41, 5.74) is 0. The summed E-state index contributed by atoms with van der Waals surface area (Å²) in [6.45, 7) is 8.27. The first-order chi connectivity index (χ1) is 11.3. The van der Waals surface area contributed by atoms with E-state index in [1.165, 1.54) is 77.7 Å². The summed E-state index contributed by atoms with van der Waals surface area (Å²) in [7, 11) is 1.46. The summed E-state index contributed by atoms with van der Waals surface area (Å²) in [5.74, 6) is -0.0763. The third-order valence-corrected chi connectivity index (χ3v) is 3.87. The summed E-state index contributed by atoms with van der Waals surface area (Å²) in [4.78, 5) is 10.9. The van der Waals surface area contributed by atoms with Gasteiger partial charge in [-0.1, -0.05) is 70.4 Å². The first kappa shape index (κ1) is 24.2. The van der Waals surface area contributed by atoms with Crippen LogP contribution in [0.25, 0.3) is 0 Å². The fraction of sp³-hybridized carbons (Fsp3) is 0.762. The Balaban J connectivity index is 0. The predicted molar refractivity (Wildman–Crippen MR) is 103 cm³/mol. The molecule has 0 saturated carbocycles. The highest BCUT2D eigenvalue weighted by atomic mass is 16.5. The molecule has 0 spiro atoms. The fourth-order valence-electron chi connectivity index (χ4n) is 2.44. The van der Waals surface area contributed by atoms with Crippen LogP contribution in [-0.4, -0.2) is 13.1 Å². The standard InChI is InChI=1S/C19H36O2.C2H4/c1-3-4-5-6-7-8-9-10-11-12-13-14-15-16-17-18-19(20)21-2;1-2/h10-11H,3-9,12-18H2,1-2H3;1-2H2/b11-10-;. The maximum atomic E-state index is 10.9. The number of ether oxygens (including phenoxy) is 1. The predicted octanol–water partition coefficient (Wildman–Crippen LogP) is 7.00. The molecule has 136 valence electrons. The van der Waals surface area contributed by atoms with Gasteiger partial charge in [-0.05, 0) is 32.1 Å². The molecule has 0 unspecified atom stereocenters. The molecule has 0 fully saturated rings. The molecule has 23 heavy (non-hydrogen) atoms. The largest absolute Gasteiger partial charge is 0.469 e. The second kappa shape index (κ2) is 23.2. The van der Waals surface area contributed by atoms with Crippen molar-refractivity contribution in [3.63, 3.8) is 0 Å². The first-order valence-corrected chi connectivity index (χ1v) is 9.53.